The molecule has 0 saturated heterocycles. The van der Waals surface area contributed by atoms with Crippen molar-refractivity contribution in [2.75, 3.05) is 19.6 Å². The topological polar surface area (TPSA) is 3.24 Å². The Bertz CT molecular complexity index is 80.6. The summed E-state index contributed by atoms with van der Waals surface area (Å²) < 4.78 is 0. The average molecular weight is 225 g/mol. The molecule has 96 valence electrons. The minimum atomic E-state index is 0. The molecular formula is C12H29F2N. The number of unbranched alkanes of at least 4 members (excludes halogenated alkanes) is 3. The fourth-order valence-corrected chi connectivity index (χ4v) is 1.48. The van der Waals surface area contributed by atoms with Gasteiger partial charge in [0.2, 0.25) is 0 Å². The largest absolute Gasteiger partial charge is 0.303 e. The summed E-state index contributed by atoms with van der Waals surface area (Å²) in [5, 5.41) is 0. The highest BCUT2D eigenvalue weighted by Crippen LogP contribution is 2.01. The van der Waals surface area contributed by atoms with E-state index in [0.717, 1.165) is 0 Å². The third-order valence-corrected chi connectivity index (χ3v) is 2.48. The van der Waals surface area contributed by atoms with E-state index < -0.39 is 0 Å². The smallest absolute Gasteiger partial charge is 0.00188 e. The molecule has 0 aromatic rings. The van der Waals surface area contributed by atoms with Gasteiger partial charge in [0.1, 0.15) is 0 Å². The van der Waals surface area contributed by atoms with Crippen molar-refractivity contribution in [2.24, 2.45) is 0 Å². The van der Waals surface area contributed by atoms with Crippen LogP contribution in [-0.4, -0.2) is 24.5 Å². The van der Waals surface area contributed by atoms with Gasteiger partial charge in [0, 0.05) is 0 Å². The van der Waals surface area contributed by atoms with E-state index in [9.17, 15) is 0 Å². The van der Waals surface area contributed by atoms with Crippen LogP contribution in [0.25, 0.3) is 0 Å². The van der Waals surface area contributed by atoms with Crippen molar-refractivity contribution in [3.05, 3.63) is 0 Å². The first-order chi connectivity index (χ1) is 6.35. The Labute approximate surface area is 94.0 Å². The number of hydrogen-bond donors (Lipinski definition) is 0. The fourth-order valence-electron chi connectivity index (χ4n) is 1.48. The summed E-state index contributed by atoms with van der Waals surface area (Å²) in [4.78, 5) is 2.64. The summed E-state index contributed by atoms with van der Waals surface area (Å²) in [6.45, 7) is 10.8. The molecular weight excluding hydrogens is 196 g/mol. The molecule has 0 aromatic carbocycles. The second-order valence-electron chi connectivity index (χ2n) is 3.90. The third kappa shape index (κ3) is 13.8. The van der Waals surface area contributed by atoms with E-state index in [0.29, 0.717) is 0 Å². The van der Waals surface area contributed by atoms with Crippen LogP contribution in [0.2, 0.25) is 0 Å². The predicted octanol–water partition coefficient (Wildman–Crippen LogP) is 3.99. The minimum absolute atomic E-state index is 0. The molecule has 0 N–H and O–H groups in total. The second kappa shape index (κ2) is 16.3. The molecule has 0 aliphatic rings. The highest BCUT2D eigenvalue weighted by Gasteiger charge is 2.01. The minimum Gasteiger partial charge on any atom is -0.303 e. The van der Waals surface area contributed by atoms with Crippen molar-refractivity contribution >= 4 is 0 Å². The molecule has 0 unspecified atom stereocenters. The number of rotatable bonds is 9. The van der Waals surface area contributed by atoms with E-state index in [1.54, 1.807) is 0 Å². The Kier molecular flexibility index (Phi) is 22.0. The van der Waals surface area contributed by atoms with Crippen LogP contribution in [-0.2, 0) is 0 Å². The molecule has 3 heteroatoms. The van der Waals surface area contributed by atoms with Gasteiger partial charge in [-0.15, -0.1) is 0 Å². The van der Waals surface area contributed by atoms with E-state index >= 15 is 0 Å². The SMILES string of the molecule is CCCCN(CCCC)CCCC.F.F. The summed E-state index contributed by atoms with van der Waals surface area (Å²) in [5.74, 6) is 0. The van der Waals surface area contributed by atoms with Crippen LogP contribution in [0.3, 0.4) is 0 Å². The lowest BCUT2D eigenvalue weighted by molar-refractivity contribution is 0.261. The summed E-state index contributed by atoms with van der Waals surface area (Å²) in [6.07, 6.45) is 8.09. The van der Waals surface area contributed by atoms with E-state index in [4.69, 9.17) is 0 Å². The van der Waals surface area contributed by atoms with Crippen molar-refractivity contribution in [1.29, 1.82) is 0 Å². The molecule has 1 nitrogen and oxygen atoms in total. The Balaban J connectivity index is -0.000000720. The molecule has 0 aliphatic carbocycles. The normalized spacial score (nSPS) is 9.60. The molecule has 0 spiro atoms. The zero-order chi connectivity index (χ0) is 9.94. The lowest BCUT2D eigenvalue weighted by Crippen LogP contribution is -2.27. The monoisotopic (exact) mass is 225 g/mol. The first-order valence-electron chi connectivity index (χ1n) is 6.07. The van der Waals surface area contributed by atoms with E-state index in [2.05, 4.69) is 25.7 Å². The van der Waals surface area contributed by atoms with Gasteiger partial charge in [-0.2, -0.15) is 0 Å². The third-order valence-electron chi connectivity index (χ3n) is 2.48. The van der Waals surface area contributed by atoms with Gasteiger partial charge in [0.15, 0.2) is 0 Å². The van der Waals surface area contributed by atoms with Gasteiger partial charge < -0.3 is 4.90 Å². The first-order valence-corrected chi connectivity index (χ1v) is 6.07. The molecule has 0 atom stereocenters. The summed E-state index contributed by atoms with van der Waals surface area (Å²) >= 11 is 0. The molecule has 0 bridgehead atoms. The number of hydrogen-bond acceptors (Lipinski definition) is 1. The van der Waals surface area contributed by atoms with Gasteiger partial charge in [0.25, 0.3) is 0 Å². The molecule has 0 aliphatic heterocycles. The van der Waals surface area contributed by atoms with Gasteiger partial charge in [-0.3, -0.25) is 9.41 Å². The van der Waals surface area contributed by atoms with Crippen LogP contribution in [0, 0.1) is 0 Å². The van der Waals surface area contributed by atoms with Gasteiger partial charge in [-0.25, -0.2) is 0 Å². The van der Waals surface area contributed by atoms with E-state index in [1.165, 1.54) is 58.2 Å². The molecule has 0 amide bonds. The zero-order valence-electron chi connectivity index (χ0n) is 10.6. The first kappa shape index (κ1) is 20.3. The Hall–Kier alpha value is -0.180. The van der Waals surface area contributed by atoms with E-state index in [-0.39, 0.29) is 9.41 Å². The van der Waals surface area contributed by atoms with Crippen molar-refractivity contribution in [1.82, 2.24) is 4.90 Å². The lowest BCUT2D eigenvalue weighted by atomic mass is 10.2. The average Bonchev–Trinajstić information content (AvgIpc) is 2.17. The van der Waals surface area contributed by atoms with Crippen molar-refractivity contribution in [3.63, 3.8) is 0 Å². The van der Waals surface area contributed by atoms with Gasteiger partial charge in [-0.1, -0.05) is 40.0 Å². The maximum Gasteiger partial charge on any atom is -0.00188 e. The van der Waals surface area contributed by atoms with Crippen LogP contribution >= 0.6 is 0 Å². The molecule has 0 fully saturated rings. The fraction of sp³-hybridized carbons (Fsp3) is 1.00. The number of nitrogens with zero attached hydrogens (tertiary/aromatic N) is 1. The van der Waals surface area contributed by atoms with Crippen LogP contribution < -0.4 is 0 Å². The highest BCUT2D eigenvalue weighted by atomic mass is 19.0. The molecule has 15 heavy (non-hydrogen) atoms. The molecule has 0 radical (unpaired) electrons. The zero-order valence-corrected chi connectivity index (χ0v) is 10.6. The molecule has 0 aromatic heterocycles. The maximum atomic E-state index is 2.64. The van der Waals surface area contributed by atoms with Crippen molar-refractivity contribution in [3.8, 4) is 0 Å². The summed E-state index contributed by atoms with van der Waals surface area (Å²) in [5.41, 5.74) is 0. The van der Waals surface area contributed by atoms with Crippen LogP contribution in [0.1, 0.15) is 59.3 Å². The Morgan fingerprint density at radius 2 is 0.867 bits per heavy atom. The van der Waals surface area contributed by atoms with E-state index in [1.807, 2.05) is 0 Å². The molecule has 0 saturated carbocycles. The van der Waals surface area contributed by atoms with Crippen LogP contribution in [0.15, 0.2) is 0 Å². The van der Waals surface area contributed by atoms with Crippen molar-refractivity contribution < 1.29 is 9.41 Å². The van der Waals surface area contributed by atoms with Crippen LogP contribution in [0.5, 0.6) is 0 Å². The van der Waals surface area contributed by atoms with Gasteiger partial charge >= 0.3 is 0 Å². The Morgan fingerprint density at radius 1 is 0.600 bits per heavy atom. The second-order valence-corrected chi connectivity index (χ2v) is 3.90. The van der Waals surface area contributed by atoms with Gasteiger partial charge in [0.05, 0.1) is 0 Å². The highest BCUT2D eigenvalue weighted by molar-refractivity contribution is 4.57. The Morgan fingerprint density at radius 3 is 1.07 bits per heavy atom. The quantitative estimate of drug-likeness (QED) is 0.573. The summed E-state index contributed by atoms with van der Waals surface area (Å²) in [7, 11) is 0. The van der Waals surface area contributed by atoms with Crippen LogP contribution in [0.4, 0.5) is 9.41 Å². The predicted molar refractivity (Wildman–Crippen MR) is 66.2 cm³/mol. The lowest BCUT2D eigenvalue weighted by Gasteiger charge is -2.21. The number of halogens is 2. The molecule has 0 rings (SSSR count). The summed E-state index contributed by atoms with van der Waals surface area (Å²) in [6, 6.07) is 0. The van der Waals surface area contributed by atoms with Gasteiger partial charge in [-0.05, 0) is 38.9 Å². The van der Waals surface area contributed by atoms with Crippen molar-refractivity contribution in [2.45, 2.75) is 59.3 Å². The standard InChI is InChI=1S/C12H27N.2FH/c1-4-7-10-13(11-8-5-2)12-9-6-3;;/h4-12H2,1-3H3;2*1H. The molecule has 0 heterocycles. The maximum absolute atomic E-state index is 2.64.